The summed E-state index contributed by atoms with van der Waals surface area (Å²) in [6.45, 7) is 3.79. The van der Waals surface area contributed by atoms with E-state index in [1.807, 2.05) is 36.1 Å². The molecule has 0 aliphatic carbocycles. The summed E-state index contributed by atoms with van der Waals surface area (Å²) in [4.78, 5) is 17.4. The summed E-state index contributed by atoms with van der Waals surface area (Å²) in [6, 6.07) is 7.22. The molecular weight excluding hydrogens is 336 g/mol. The Morgan fingerprint density at radius 2 is 2.13 bits per heavy atom. The first-order valence-electron chi connectivity index (χ1n) is 7.38. The van der Waals surface area contributed by atoms with E-state index in [4.69, 9.17) is 4.74 Å². The number of hydrogen-bond donors (Lipinski definition) is 0. The Morgan fingerprint density at radius 3 is 2.83 bits per heavy atom. The van der Waals surface area contributed by atoms with Gasteiger partial charge in [-0.2, -0.15) is 4.99 Å². The predicted octanol–water partition coefficient (Wildman–Crippen LogP) is 1.71. The van der Waals surface area contributed by atoms with E-state index in [0.29, 0.717) is 17.5 Å². The Labute approximate surface area is 139 Å². The number of ether oxygens (including phenoxy) is 1. The third-order valence-corrected chi connectivity index (χ3v) is 6.95. The number of para-hydroxylation sites is 2. The summed E-state index contributed by atoms with van der Waals surface area (Å²) in [5, 5.41) is 0.447. The van der Waals surface area contributed by atoms with Crippen molar-refractivity contribution in [2.24, 2.45) is 4.99 Å². The van der Waals surface area contributed by atoms with Crippen LogP contribution in [0.4, 0.5) is 5.69 Å². The number of carbonyl (C=O) groups is 1. The lowest BCUT2D eigenvalue weighted by Gasteiger charge is -2.26. The number of fused-ring (bicyclic) bond motifs is 1. The summed E-state index contributed by atoms with van der Waals surface area (Å²) < 4.78 is 29.6. The summed E-state index contributed by atoms with van der Waals surface area (Å²) in [7, 11) is -3.07. The summed E-state index contributed by atoms with van der Waals surface area (Å²) >= 11 is 1.36. The molecule has 1 aromatic rings. The molecule has 0 bridgehead atoms. The van der Waals surface area contributed by atoms with Gasteiger partial charge in [0, 0.05) is 12.2 Å². The molecule has 0 saturated carbocycles. The number of amidine groups is 1. The number of hydrogen-bond acceptors (Lipinski definition) is 5. The molecule has 6 nitrogen and oxygen atoms in total. The fourth-order valence-electron chi connectivity index (χ4n) is 2.91. The van der Waals surface area contributed by atoms with E-state index in [2.05, 4.69) is 4.99 Å². The molecule has 0 unspecified atom stereocenters. The van der Waals surface area contributed by atoms with Crippen LogP contribution in [0, 0.1) is 0 Å². The van der Waals surface area contributed by atoms with Crippen molar-refractivity contribution in [1.29, 1.82) is 0 Å². The fourth-order valence-corrected chi connectivity index (χ4v) is 6.87. The highest BCUT2D eigenvalue weighted by Gasteiger charge is 2.49. The predicted molar refractivity (Wildman–Crippen MR) is 92.0 cm³/mol. The Bertz CT molecular complexity index is 760. The van der Waals surface area contributed by atoms with E-state index in [0.717, 1.165) is 5.69 Å². The van der Waals surface area contributed by atoms with Gasteiger partial charge in [0.25, 0.3) is 0 Å². The van der Waals surface area contributed by atoms with E-state index in [-0.39, 0.29) is 28.7 Å². The molecule has 2 atom stereocenters. The minimum atomic E-state index is -3.07. The third kappa shape index (κ3) is 3.23. The van der Waals surface area contributed by atoms with Crippen LogP contribution >= 0.6 is 11.8 Å². The number of nitrogens with zero attached hydrogens (tertiary/aromatic N) is 2. The highest BCUT2D eigenvalue weighted by Crippen LogP contribution is 2.43. The van der Waals surface area contributed by atoms with E-state index in [1.54, 1.807) is 0 Å². The number of rotatable bonds is 3. The maximum absolute atomic E-state index is 12.0. The number of thioether (sulfide) groups is 1. The second kappa shape index (κ2) is 6.16. The van der Waals surface area contributed by atoms with Gasteiger partial charge in [-0.15, -0.1) is 0 Å². The Kier molecular flexibility index (Phi) is 4.37. The molecule has 0 radical (unpaired) electrons. The average Bonchev–Trinajstić information content (AvgIpc) is 2.90. The minimum absolute atomic E-state index is 0.0715. The number of aliphatic imine (C=N–C) groups is 1. The Balaban J connectivity index is 2.07. The van der Waals surface area contributed by atoms with Crippen molar-refractivity contribution in [3.8, 4) is 5.75 Å². The second-order valence-corrected chi connectivity index (χ2v) is 8.84. The number of amides is 1. The number of sulfone groups is 1. The smallest absolute Gasteiger partial charge is 0.244 e. The van der Waals surface area contributed by atoms with Gasteiger partial charge in [0.2, 0.25) is 5.91 Å². The normalized spacial score (nSPS) is 27.2. The molecule has 0 aromatic heterocycles. The van der Waals surface area contributed by atoms with Gasteiger partial charge in [0.15, 0.2) is 15.0 Å². The minimum Gasteiger partial charge on any atom is -0.492 e. The van der Waals surface area contributed by atoms with E-state index >= 15 is 0 Å². The molecule has 2 aliphatic rings. The molecule has 2 fully saturated rings. The molecule has 2 aliphatic heterocycles. The van der Waals surface area contributed by atoms with Crippen molar-refractivity contribution >= 4 is 38.4 Å². The van der Waals surface area contributed by atoms with Crippen LogP contribution in [0.2, 0.25) is 0 Å². The zero-order valence-corrected chi connectivity index (χ0v) is 14.6. The summed E-state index contributed by atoms with van der Waals surface area (Å²) in [5.74, 6) is 0.556. The van der Waals surface area contributed by atoms with Crippen LogP contribution < -0.4 is 9.64 Å². The standard InChI is InChI=1S/C15H18N2O4S2/c1-3-21-13-7-5-4-6-11(13)17-12-8-23(19,20)9-14(12)22-15(17)16-10(2)18/h4-7,12,14H,3,8-9H2,1-2H3/t12-,14+/m0/s1. The zero-order chi connectivity index (χ0) is 16.6. The van der Waals surface area contributed by atoms with Crippen LogP contribution in [0.25, 0.3) is 0 Å². The molecule has 23 heavy (non-hydrogen) atoms. The van der Waals surface area contributed by atoms with Crippen LogP contribution in [0.1, 0.15) is 13.8 Å². The number of anilines is 1. The lowest BCUT2D eigenvalue weighted by atomic mass is 10.2. The van der Waals surface area contributed by atoms with Crippen LogP contribution in [0.15, 0.2) is 29.3 Å². The van der Waals surface area contributed by atoms with Crippen LogP contribution in [-0.2, 0) is 14.6 Å². The first-order chi connectivity index (χ1) is 10.9. The van der Waals surface area contributed by atoms with E-state index in [1.165, 1.54) is 18.7 Å². The van der Waals surface area contributed by atoms with Crippen molar-refractivity contribution in [3.05, 3.63) is 24.3 Å². The van der Waals surface area contributed by atoms with E-state index in [9.17, 15) is 13.2 Å². The van der Waals surface area contributed by atoms with Gasteiger partial charge >= 0.3 is 0 Å². The maximum atomic E-state index is 12.0. The molecule has 2 heterocycles. The quantitative estimate of drug-likeness (QED) is 0.822. The molecule has 124 valence electrons. The summed E-state index contributed by atoms with van der Waals surface area (Å²) in [5.41, 5.74) is 0.756. The molecule has 2 saturated heterocycles. The summed E-state index contributed by atoms with van der Waals surface area (Å²) in [6.07, 6.45) is 0. The van der Waals surface area contributed by atoms with Crippen molar-refractivity contribution in [2.45, 2.75) is 25.1 Å². The highest BCUT2D eigenvalue weighted by molar-refractivity contribution is 8.16. The molecule has 8 heteroatoms. The molecule has 1 amide bonds. The zero-order valence-electron chi connectivity index (χ0n) is 12.9. The molecule has 0 spiro atoms. The van der Waals surface area contributed by atoms with Crippen molar-refractivity contribution < 1.29 is 17.9 Å². The van der Waals surface area contributed by atoms with Gasteiger partial charge < -0.3 is 9.64 Å². The second-order valence-electron chi connectivity index (χ2n) is 5.48. The first-order valence-corrected chi connectivity index (χ1v) is 10.1. The molecule has 3 rings (SSSR count). The topological polar surface area (TPSA) is 76.0 Å². The maximum Gasteiger partial charge on any atom is 0.244 e. The molecule has 0 N–H and O–H groups in total. The SMILES string of the molecule is CCOc1ccccc1N1C(=NC(C)=O)S[C@@H]2CS(=O)(=O)C[C@@H]21. The molecule has 1 aromatic carbocycles. The van der Waals surface area contributed by atoms with Crippen molar-refractivity contribution in [2.75, 3.05) is 23.0 Å². The lowest BCUT2D eigenvalue weighted by molar-refractivity contribution is -0.115. The van der Waals surface area contributed by atoms with Gasteiger partial charge in [-0.3, -0.25) is 4.79 Å². The average molecular weight is 354 g/mol. The van der Waals surface area contributed by atoms with Gasteiger partial charge in [0.1, 0.15) is 5.75 Å². The van der Waals surface area contributed by atoms with Crippen molar-refractivity contribution in [3.63, 3.8) is 0 Å². The first kappa shape index (κ1) is 16.3. The van der Waals surface area contributed by atoms with Crippen molar-refractivity contribution in [1.82, 2.24) is 0 Å². The Morgan fingerprint density at radius 1 is 1.39 bits per heavy atom. The lowest BCUT2D eigenvalue weighted by Crippen LogP contribution is -2.38. The fraction of sp³-hybridized carbons (Fsp3) is 0.467. The van der Waals surface area contributed by atoms with Gasteiger partial charge in [0.05, 0.1) is 29.8 Å². The largest absolute Gasteiger partial charge is 0.492 e. The van der Waals surface area contributed by atoms with E-state index < -0.39 is 9.84 Å². The van der Waals surface area contributed by atoms with Crippen LogP contribution in [0.5, 0.6) is 5.75 Å². The van der Waals surface area contributed by atoms with Gasteiger partial charge in [-0.25, -0.2) is 8.42 Å². The highest BCUT2D eigenvalue weighted by atomic mass is 32.2. The van der Waals surface area contributed by atoms with Gasteiger partial charge in [-0.1, -0.05) is 23.9 Å². The molecular formula is C15H18N2O4S2. The van der Waals surface area contributed by atoms with Gasteiger partial charge in [-0.05, 0) is 19.1 Å². The monoisotopic (exact) mass is 354 g/mol. The third-order valence-electron chi connectivity index (χ3n) is 3.74. The van der Waals surface area contributed by atoms with Crippen LogP contribution in [-0.4, -0.2) is 48.9 Å². The van der Waals surface area contributed by atoms with Crippen LogP contribution in [0.3, 0.4) is 0 Å². The number of benzene rings is 1. The Hall–Kier alpha value is -1.54. The number of carbonyl (C=O) groups excluding carboxylic acids is 1.